The van der Waals surface area contributed by atoms with Gasteiger partial charge in [0.15, 0.2) is 17.5 Å². The maximum absolute atomic E-state index is 14.3. The van der Waals surface area contributed by atoms with Crippen molar-refractivity contribution in [2.24, 2.45) is 34.5 Å². The zero-order valence-corrected chi connectivity index (χ0v) is 20.6. The van der Waals surface area contributed by atoms with Crippen molar-refractivity contribution in [3.63, 3.8) is 0 Å². The Morgan fingerprint density at radius 2 is 1.94 bits per heavy atom. The van der Waals surface area contributed by atoms with Crippen molar-refractivity contribution >= 4 is 11.8 Å². The summed E-state index contributed by atoms with van der Waals surface area (Å²) in [5, 5.41) is 34.1. The van der Waals surface area contributed by atoms with Crippen LogP contribution >= 0.6 is 0 Å². The molecule has 0 aromatic carbocycles. The number of hydrogen-bond acceptors (Lipinski definition) is 7. The quantitative estimate of drug-likeness (QED) is 0.459. The van der Waals surface area contributed by atoms with E-state index in [-0.39, 0.29) is 40.1 Å². The minimum absolute atomic E-state index is 0.0414. The maximum atomic E-state index is 14.3. The van der Waals surface area contributed by atoms with Gasteiger partial charge in [-0.25, -0.2) is 4.79 Å². The van der Waals surface area contributed by atoms with E-state index < -0.39 is 41.7 Å². The number of carbonyl (C=O) groups excluding carboxylic acids is 2. The van der Waals surface area contributed by atoms with E-state index in [4.69, 9.17) is 9.15 Å². The number of allylic oxidation sites excluding steroid dienone is 1. The van der Waals surface area contributed by atoms with Crippen molar-refractivity contribution in [3.8, 4) is 0 Å². The topological polar surface area (TPSA) is 117 Å². The highest BCUT2D eigenvalue weighted by Gasteiger charge is 2.76. The van der Waals surface area contributed by atoms with Crippen LogP contribution < -0.4 is 0 Å². The molecule has 1 heterocycles. The van der Waals surface area contributed by atoms with Crippen LogP contribution in [-0.4, -0.2) is 51.5 Å². The number of carbonyl (C=O) groups is 2. The van der Waals surface area contributed by atoms with Crippen LogP contribution in [0.5, 0.6) is 0 Å². The third kappa shape index (κ3) is 2.63. The van der Waals surface area contributed by atoms with Crippen LogP contribution in [0, 0.1) is 48.3 Å². The van der Waals surface area contributed by atoms with Gasteiger partial charge in [-0.3, -0.25) is 4.79 Å². The number of ketones is 1. The van der Waals surface area contributed by atoms with Crippen molar-refractivity contribution in [2.75, 3.05) is 6.61 Å². The number of aryl methyl sites for hydroxylation is 2. The summed E-state index contributed by atoms with van der Waals surface area (Å²) in [5.74, 6) is -0.942. The summed E-state index contributed by atoms with van der Waals surface area (Å²) in [6.07, 6.45) is 2.73. The van der Waals surface area contributed by atoms with E-state index in [0.29, 0.717) is 23.3 Å². The van der Waals surface area contributed by atoms with Crippen molar-refractivity contribution < 1.29 is 34.1 Å². The Morgan fingerprint density at radius 1 is 1.26 bits per heavy atom. The van der Waals surface area contributed by atoms with Crippen LogP contribution in [0.1, 0.15) is 55.8 Å². The Balaban J connectivity index is 1.65. The van der Waals surface area contributed by atoms with Gasteiger partial charge in [-0.15, -0.1) is 0 Å². The molecule has 0 saturated heterocycles. The van der Waals surface area contributed by atoms with Gasteiger partial charge in [0, 0.05) is 11.5 Å². The zero-order chi connectivity index (χ0) is 25.0. The van der Waals surface area contributed by atoms with Gasteiger partial charge in [0.1, 0.15) is 17.4 Å². The highest BCUT2D eigenvalue weighted by molar-refractivity contribution is 5.96. The molecule has 8 atom stereocenters. The smallest absolute Gasteiger partial charge is 0.342 e. The molecule has 34 heavy (non-hydrogen) atoms. The molecule has 7 nitrogen and oxygen atoms in total. The fourth-order valence-corrected chi connectivity index (χ4v) is 7.64. The first-order valence-corrected chi connectivity index (χ1v) is 12.0. The molecule has 0 radical (unpaired) electrons. The normalized spacial score (nSPS) is 42.1. The second-order valence-corrected chi connectivity index (χ2v) is 11.5. The van der Waals surface area contributed by atoms with Gasteiger partial charge in [-0.2, -0.15) is 0 Å². The largest absolute Gasteiger partial charge is 0.468 e. The summed E-state index contributed by atoms with van der Waals surface area (Å²) in [7, 11) is 0. The number of aliphatic hydroxyl groups excluding tert-OH is 2. The fourth-order valence-electron chi connectivity index (χ4n) is 7.64. The van der Waals surface area contributed by atoms with Crippen LogP contribution in [0.2, 0.25) is 0 Å². The number of ether oxygens (including phenoxy) is 1. The maximum Gasteiger partial charge on any atom is 0.342 e. The summed E-state index contributed by atoms with van der Waals surface area (Å²) >= 11 is 0. The van der Waals surface area contributed by atoms with Crippen molar-refractivity contribution in [1.82, 2.24) is 0 Å². The Kier molecular flexibility index (Phi) is 4.95. The molecule has 0 aliphatic heterocycles. The number of esters is 1. The predicted octanol–water partition coefficient (Wildman–Crippen LogP) is 2.89. The first-order valence-electron chi connectivity index (χ1n) is 12.0. The summed E-state index contributed by atoms with van der Waals surface area (Å²) < 4.78 is 11.2. The molecular weight excluding hydrogens is 436 g/mol. The number of Topliss-reactive ketones (excluding diaryl/α,β-unsaturated/α-hetero) is 1. The molecular formula is C27H34O7. The van der Waals surface area contributed by atoms with Crippen LogP contribution in [0.15, 0.2) is 34.0 Å². The van der Waals surface area contributed by atoms with Crippen molar-refractivity contribution in [1.29, 1.82) is 0 Å². The Bertz CT molecular complexity index is 1120. The Morgan fingerprint density at radius 3 is 2.53 bits per heavy atom. The molecule has 2 bridgehead atoms. The van der Waals surface area contributed by atoms with E-state index in [1.54, 1.807) is 32.9 Å². The Labute approximate surface area is 199 Å². The van der Waals surface area contributed by atoms with Gasteiger partial charge >= 0.3 is 5.97 Å². The van der Waals surface area contributed by atoms with Gasteiger partial charge in [-0.1, -0.05) is 32.9 Å². The lowest BCUT2D eigenvalue weighted by Gasteiger charge is -2.48. The average molecular weight is 471 g/mol. The third-order valence-corrected chi connectivity index (χ3v) is 9.48. The summed E-state index contributed by atoms with van der Waals surface area (Å²) in [6, 6.07) is 0. The van der Waals surface area contributed by atoms with E-state index >= 15 is 0 Å². The molecule has 1 aromatic heterocycles. The van der Waals surface area contributed by atoms with Gasteiger partial charge in [0.2, 0.25) is 0 Å². The first kappa shape index (κ1) is 23.5. The minimum atomic E-state index is -2.14. The number of aliphatic hydroxyl groups is 3. The number of furan rings is 1. The molecule has 2 fully saturated rings. The van der Waals surface area contributed by atoms with Gasteiger partial charge < -0.3 is 24.5 Å². The number of rotatable bonds is 3. The first-order chi connectivity index (χ1) is 15.8. The lowest BCUT2D eigenvalue weighted by Crippen LogP contribution is -2.65. The van der Waals surface area contributed by atoms with E-state index in [1.165, 1.54) is 6.26 Å². The lowest BCUT2D eigenvalue weighted by atomic mass is 9.59. The van der Waals surface area contributed by atoms with Crippen molar-refractivity contribution in [2.45, 2.75) is 65.8 Å². The molecule has 2 unspecified atom stereocenters. The summed E-state index contributed by atoms with van der Waals surface area (Å²) in [6.45, 7) is 10.8. The monoisotopic (exact) mass is 470 g/mol. The average Bonchev–Trinajstić information content (AvgIpc) is 3.05. The predicted molar refractivity (Wildman–Crippen MR) is 123 cm³/mol. The van der Waals surface area contributed by atoms with E-state index in [2.05, 4.69) is 13.8 Å². The van der Waals surface area contributed by atoms with E-state index in [1.807, 2.05) is 6.92 Å². The fraction of sp³-hybridized carbons (Fsp3) is 0.630. The van der Waals surface area contributed by atoms with Crippen LogP contribution in [0.3, 0.4) is 0 Å². The highest BCUT2D eigenvalue weighted by atomic mass is 16.6. The molecule has 5 rings (SSSR count). The SMILES string of the molecule is CC1=CC23C(=O)[C@@H](C=C(CO)[C@@H](O)[C@]2(O)[C@H]1OC(=O)c1c(C)coc1C)[C@H]1[C@@H](CC3C)C1(C)C. The minimum Gasteiger partial charge on any atom is -0.468 e. The van der Waals surface area contributed by atoms with Crippen LogP contribution in [0.25, 0.3) is 0 Å². The second kappa shape index (κ2) is 7.15. The Hall–Kier alpha value is -2.22. The summed E-state index contributed by atoms with van der Waals surface area (Å²) in [5.41, 5.74) is -2.05. The standard InChI is InChI=1S/C27H34O7/c1-12-9-26-14(3)7-18-20(25(18,5)6)17(22(26)30)8-16(10-28)21(29)27(26,32)23(12)34-24(31)19-13(2)11-33-15(19)4/h8-9,11,14,17-18,20-21,23,28-29,32H,7,10H2,1-6H3/t14?,17-,18+,20-,21+,23-,26?,27-/m0/s1. The molecule has 2 saturated carbocycles. The molecule has 184 valence electrons. The molecule has 1 spiro atoms. The molecule has 4 aliphatic rings. The molecule has 7 heteroatoms. The number of fused-ring (bicyclic) bond motifs is 3. The van der Waals surface area contributed by atoms with Gasteiger partial charge in [-0.05, 0) is 61.5 Å². The van der Waals surface area contributed by atoms with Gasteiger partial charge in [0.05, 0.1) is 18.3 Å². The molecule has 1 aromatic rings. The van der Waals surface area contributed by atoms with E-state index in [9.17, 15) is 24.9 Å². The number of hydrogen-bond donors (Lipinski definition) is 3. The molecule has 0 amide bonds. The molecule has 3 N–H and O–H groups in total. The van der Waals surface area contributed by atoms with Crippen molar-refractivity contribution in [3.05, 3.63) is 46.4 Å². The zero-order valence-electron chi connectivity index (χ0n) is 20.6. The molecule has 4 aliphatic carbocycles. The van der Waals surface area contributed by atoms with Gasteiger partial charge in [0.25, 0.3) is 0 Å². The van der Waals surface area contributed by atoms with E-state index in [0.717, 1.165) is 0 Å². The lowest BCUT2D eigenvalue weighted by molar-refractivity contribution is -0.190. The van der Waals surface area contributed by atoms with Crippen LogP contribution in [-0.2, 0) is 9.53 Å². The summed E-state index contributed by atoms with van der Waals surface area (Å²) in [4.78, 5) is 27.5. The highest BCUT2D eigenvalue weighted by Crippen LogP contribution is 2.71. The third-order valence-electron chi connectivity index (χ3n) is 9.48. The second-order valence-electron chi connectivity index (χ2n) is 11.5. The van der Waals surface area contributed by atoms with Crippen LogP contribution in [0.4, 0.5) is 0 Å².